The summed E-state index contributed by atoms with van der Waals surface area (Å²) in [6, 6.07) is 10.4. The maximum absolute atomic E-state index is 8.14. The van der Waals surface area contributed by atoms with Crippen LogP contribution in [-0.2, 0) is 4.74 Å². The molecule has 2 saturated heterocycles. The predicted octanol–water partition coefficient (Wildman–Crippen LogP) is 2.55. The SMILES string of the molecule is C=C/C=C1/OCC/C(=N/NC(=S)N2CCN(c3ccccc3)CC2)C1=N. The van der Waals surface area contributed by atoms with Gasteiger partial charge in [-0.3, -0.25) is 10.8 Å². The van der Waals surface area contributed by atoms with E-state index in [0.29, 0.717) is 29.6 Å². The van der Waals surface area contributed by atoms with E-state index < -0.39 is 0 Å². The number of ether oxygens (including phenoxy) is 1. The van der Waals surface area contributed by atoms with Gasteiger partial charge in [-0.1, -0.05) is 30.9 Å². The van der Waals surface area contributed by atoms with Crippen LogP contribution in [0.3, 0.4) is 0 Å². The van der Waals surface area contributed by atoms with E-state index in [4.69, 9.17) is 22.4 Å². The summed E-state index contributed by atoms with van der Waals surface area (Å²) in [4.78, 5) is 4.47. The zero-order valence-electron chi connectivity index (χ0n) is 14.6. The second-order valence-corrected chi connectivity index (χ2v) is 6.41. The molecule has 0 unspecified atom stereocenters. The van der Waals surface area contributed by atoms with E-state index in [1.165, 1.54) is 5.69 Å². The lowest BCUT2D eigenvalue weighted by Gasteiger charge is -2.37. The number of allylic oxidation sites excluding steroid dienone is 3. The van der Waals surface area contributed by atoms with Crippen LogP contribution in [0.15, 0.2) is 59.9 Å². The third-order valence-electron chi connectivity index (χ3n) is 4.38. The van der Waals surface area contributed by atoms with E-state index in [9.17, 15) is 0 Å². The van der Waals surface area contributed by atoms with Crippen molar-refractivity contribution in [2.75, 3.05) is 37.7 Å². The van der Waals surface area contributed by atoms with Crippen molar-refractivity contribution in [2.24, 2.45) is 5.10 Å². The minimum absolute atomic E-state index is 0.278. The molecule has 2 N–H and O–H groups in total. The summed E-state index contributed by atoms with van der Waals surface area (Å²) in [5.74, 6) is 0.495. The number of rotatable bonds is 3. The molecule has 0 aromatic heterocycles. The number of para-hydroxylation sites is 1. The first-order valence-corrected chi connectivity index (χ1v) is 9.06. The fourth-order valence-electron chi connectivity index (χ4n) is 2.94. The van der Waals surface area contributed by atoms with Gasteiger partial charge in [0.2, 0.25) is 0 Å². The first kappa shape index (κ1) is 18.1. The van der Waals surface area contributed by atoms with Crippen molar-refractivity contribution in [1.82, 2.24) is 10.3 Å². The van der Waals surface area contributed by atoms with Gasteiger partial charge in [0.05, 0.1) is 12.3 Å². The number of nitrogens with one attached hydrogen (secondary N) is 2. The zero-order chi connectivity index (χ0) is 18.4. The summed E-state index contributed by atoms with van der Waals surface area (Å²) in [6.45, 7) is 7.65. The normalized spacial score (nSPS) is 20.8. The minimum Gasteiger partial charge on any atom is -0.491 e. The molecular formula is C19H23N5OS. The van der Waals surface area contributed by atoms with E-state index in [1.807, 2.05) is 6.07 Å². The minimum atomic E-state index is 0.278. The van der Waals surface area contributed by atoms with Gasteiger partial charge < -0.3 is 14.5 Å². The molecule has 0 saturated carbocycles. The number of nitrogens with zero attached hydrogens (tertiary/aromatic N) is 3. The molecule has 2 heterocycles. The van der Waals surface area contributed by atoms with E-state index in [2.05, 4.69) is 51.2 Å². The second-order valence-electron chi connectivity index (χ2n) is 6.03. The molecule has 1 aromatic rings. The third kappa shape index (κ3) is 4.29. The van der Waals surface area contributed by atoms with Crippen molar-refractivity contribution in [3.8, 4) is 0 Å². The molecule has 1 aromatic carbocycles. The zero-order valence-corrected chi connectivity index (χ0v) is 15.5. The Morgan fingerprint density at radius 3 is 2.65 bits per heavy atom. The number of hydrogen-bond acceptors (Lipinski definition) is 5. The molecule has 2 aliphatic heterocycles. The highest BCUT2D eigenvalue weighted by Gasteiger charge is 2.21. The first-order valence-electron chi connectivity index (χ1n) is 8.65. The van der Waals surface area contributed by atoms with Crippen molar-refractivity contribution in [1.29, 1.82) is 5.41 Å². The summed E-state index contributed by atoms with van der Waals surface area (Å²) in [7, 11) is 0. The Morgan fingerprint density at radius 1 is 1.23 bits per heavy atom. The number of piperazine rings is 1. The average molecular weight is 369 g/mol. The average Bonchev–Trinajstić information content (AvgIpc) is 2.69. The van der Waals surface area contributed by atoms with Gasteiger partial charge >= 0.3 is 0 Å². The second kappa shape index (κ2) is 8.62. The van der Waals surface area contributed by atoms with Gasteiger partial charge in [0.25, 0.3) is 0 Å². The number of anilines is 1. The van der Waals surface area contributed by atoms with Crippen LogP contribution in [0.4, 0.5) is 5.69 Å². The van der Waals surface area contributed by atoms with Crippen LogP contribution in [-0.4, -0.2) is 54.2 Å². The Kier molecular flexibility index (Phi) is 6.01. The molecule has 136 valence electrons. The molecule has 3 rings (SSSR count). The van der Waals surface area contributed by atoms with Crippen molar-refractivity contribution in [2.45, 2.75) is 6.42 Å². The van der Waals surface area contributed by atoms with Crippen LogP contribution in [0.1, 0.15) is 6.42 Å². The van der Waals surface area contributed by atoms with Gasteiger partial charge in [0.1, 0.15) is 11.5 Å². The smallest absolute Gasteiger partial charge is 0.189 e. The highest BCUT2D eigenvalue weighted by molar-refractivity contribution is 7.80. The van der Waals surface area contributed by atoms with E-state index in [0.717, 1.165) is 26.2 Å². The molecule has 0 amide bonds. The Morgan fingerprint density at radius 2 is 1.96 bits per heavy atom. The lowest BCUT2D eigenvalue weighted by atomic mass is 10.1. The molecular weight excluding hydrogens is 346 g/mol. The standard InChI is InChI=1S/C19H23N5OS/c1-2-6-17-18(20)16(9-14-25-17)21-22-19(26)24-12-10-23(11-13-24)15-7-4-3-5-8-15/h2-8,20H,1,9-14H2,(H,22,26)/b17-6+,20-18?,21-16-. The molecule has 0 bridgehead atoms. The van der Waals surface area contributed by atoms with Crippen LogP contribution < -0.4 is 10.3 Å². The van der Waals surface area contributed by atoms with Crippen LogP contribution >= 0.6 is 12.2 Å². The maximum Gasteiger partial charge on any atom is 0.189 e. The summed E-state index contributed by atoms with van der Waals surface area (Å²) >= 11 is 5.47. The molecule has 0 radical (unpaired) electrons. The summed E-state index contributed by atoms with van der Waals surface area (Å²) in [6.07, 6.45) is 3.87. The van der Waals surface area contributed by atoms with Crippen LogP contribution in [0, 0.1) is 5.41 Å². The largest absolute Gasteiger partial charge is 0.491 e. The molecule has 7 heteroatoms. The molecule has 6 nitrogen and oxygen atoms in total. The Balaban J connectivity index is 1.54. The van der Waals surface area contributed by atoms with Gasteiger partial charge in [-0.25, -0.2) is 0 Å². The van der Waals surface area contributed by atoms with E-state index in [1.54, 1.807) is 12.2 Å². The van der Waals surface area contributed by atoms with Gasteiger partial charge in [-0.05, 0) is 30.4 Å². The van der Waals surface area contributed by atoms with E-state index >= 15 is 0 Å². The van der Waals surface area contributed by atoms with E-state index in [-0.39, 0.29) is 5.71 Å². The van der Waals surface area contributed by atoms with Crippen molar-refractivity contribution >= 4 is 34.4 Å². The lowest BCUT2D eigenvalue weighted by molar-refractivity contribution is 0.235. The van der Waals surface area contributed by atoms with Crippen molar-refractivity contribution in [3.63, 3.8) is 0 Å². The lowest BCUT2D eigenvalue weighted by Crippen LogP contribution is -2.51. The Hall–Kier alpha value is -2.67. The molecule has 0 spiro atoms. The highest BCUT2D eigenvalue weighted by Crippen LogP contribution is 2.16. The van der Waals surface area contributed by atoms with Gasteiger partial charge in [-0.2, -0.15) is 5.10 Å². The van der Waals surface area contributed by atoms with Crippen molar-refractivity contribution < 1.29 is 4.74 Å². The predicted molar refractivity (Wildman–Crippen MR) is 110 cm³/mol. The van der Waals surface area contributed by atoms with Gasteiger partial charge in [-0.15, -0.1) is 0 Å². The van der Waals surface area contributed by atoms with Crippen molar-refractivity contribution in [3.05, 3.63) is 54.8 Å². The molecule has 0 aliphatic carbocycles. The van der Waals surface area contributed by atoms with Crippen LogP contribution in [0.5, 0.6) is 0 Å². The third-order valence-corrected chi connectivity index (χ3v) is 4.72. The summed E-state index contributed by atoms with van der Waals surface area (Å²) in [5, 5.41) is 13.1. The molecule has 2 fully saturated rings. The van der Waals surface area contributed by atoms with Crippen LogP contribution in [0.25, 0.3) is 0 Å². The number of hydrazone groups is 1. The quantitative estimate of drug-likeness (QED) is 0.633. The molecule has 2 aliphatic rings. The maximum atomic E-state index is 8.14. The number of benzene rings is 1. The highest BCUT2D eigenvalue weighted by atomic mass is 32.1. The Bertz CT molecular complexity index is 736. The first-order chi connectivity index (χ1) is 12.7. The number of hydrogen-bond donors (Lipinski definition) is 2. The Labute approximate surface area is 159 Å². The monoisotopic (exact) mass is 369 g/mol. The molecule has 26 heavy (non-hydrogen) atoms. The number of thiocarbonyl (C=S) groups is 1. The van der Waals surface area contributed by atoms with Gasteiger partial charge in [0, 0.05) is 38.3 Å². The fraction of sp³-hybridized carbons (Fsp3) is 0.316. The van der Waals surface area contributed by atoms with Gasteiger partial charge in [0.15, 0.2) is 5.11 Å². The van der Waals surface area contributed by atoms with Crippen LogP contribution in [0.2, 0.25) is 0 Å². The topological polar surface area (TPSA) is 64.0 Å². The summed E-state index contributed by atoms with van der Waals surface area (Å²) in [5.41, 5.74) is 5.11. The molecule has 0 atom stereocenters. The fourth-order valence-corrected chi connectivity index (χ4v) is 3.17. The summed E-state index contributed by atoms with van der Waals surface area (Å²) < 4.78 is 5.45.